The van der Waals surface area contributed by atoms with Gasteiger partial charge in [0.05, 0.1) is 5.25 Å². The van der Waals surface area contributed by atoms with E-state index < -0.39 is 11.9 Å². The second-order valence-corrected chi connectivity index (χ2v) is 6.65. The number of Topliss-reactive ketones (excluding diaryl/α,β-unsaturated/α-hetero) is 1. The number of aromatic nitrogens is 3. The number of benzene rings is 2. The standard InChI is InChI=1S/C18H15F2N3O2S/c1-12(16(24)13-7-9-15(10-8-13)25-17(19)20)26-18-22-21-11-23(18)14-5-3-2-4-6-14/h2-12,17H,1H3/t12-/m0/s1. The number of hydrogen-bond donors (Lipinski definition) is 0. The first-order valence-corrected chi connectivity index (χ1v) is 8.64. The molecule has 0 radical (unpaired) electrons. The zero-order chi connectivity index (χ0) is 18.5. The number of carbonyl (C=O) groups excluding carboxylic acids is 1. The number of rotatable bonds is 7. The van der Waals surface area contributed by atoms with Crippen molar-refractivity contribution in [3.8, 4) is 11.4 Å². The van der Waals surface area contributed by atoms with Gasteiger partial charge in [-0.2, -0.15) is 8.78 Å². The molecular formula is C18H15F2N3O2S. The topological polar surface area (TPSA) is 57.0 Å². The molecule has 0 saturated heterocycles. The molecule has 1 heterocycles. The van der Waals surface area contributed by atoms with E-state index in [1.807, 2.05) is 30.3 Å². The Labute approximate surface area is 153 Å². The Morgan fingerprint density at radius 3 is 2.46 bits per heavy atom. The van der Waals surface area contributed by atoms with E-state index in [9.17, 15) is 13.6 Å². The minimum absolute atomic E-state index is 0.0145. The maximum atomic E-state index is 12.6. The van der Waals surface area contributed by atoms with Crippen molar-refractivity contribution in [2.24, 2.45) is 0 Å². The highest BCUT2D eigenvalue weighted by Crippen LogP contribution is 2.26. The van der Waals surface area contributed by atoms with Gasteiger partial charge in [0.25, 0.3) is 0 Å². The number of alkyl halides is 2. The van der Waals surface area contributed by atoms with Crippen LogP contribution < -0.4 is 4.74 Å². The molecule has 8 heteroatoms. The molecule has 0 bridgehead atoms. The summed E-state index contributed by atoms with van der Waals surface area (Å²) in [5.41, 5.74) is 1.31. The van der Waals surface area contributed by atoms with Crippen molar-refractivity contribution < 1.29 is 18.3 Å². The highest BCUT2D eigenvalue weighted by molar-refractivity contribution is 8.00. The Balaban J connectivity index is 1.71. The maximum Gasteiger partial charge on any atom is 0.387 e. The number of ether oxygens (including phenoxy) is 1. The first kappa shape index (κ1) is 18.1. The average molecular weight is 375 g/mol. The van der Waals surface area contributed by atoms with Gasteiger partial charge in [-0.05, 0) is 43.3 Å². The van der Waals surface area contributed by atoms with Crippen LogP contribution in [0, 0.1) is 0 Å². The molecule has 0 aliphatic carbocycles. The lowest BCUT2D eigenvalue weighted by molar-refractivity contribution is -0.0498. The van der Waals surface area contributed by atoms with E-state index in [0.29, 0.717) is 10.7 Å². The molecule has 134 valence electrons. The number of halogens is 2. The van der Waals surface area contributed by atoms with Crippen LogP contribution >= 0.6 is 11.8 Å². The van der Waals surface area contributed by atoms with Crippen LogP contribution in [-0.4, -0.2) is 32.4 Å². The Bertz CT molecular complexity index is 870. The van der Waals surface area contributed by atoms with E-state index in [0.717, 1.165) is 5.69 Å². The van der Waals surface area contributed by atoms with Gasteiger partial charge in [0.15, 0.2) is 10.9 Å². The maximum absolute atomic E-state index is 12.6. The number of ketones is 1. The summed E-state index contributed by atoms with van der Waals surface area (Å²) in [6.45, 7) is -1.13. The predicted molar refractivity (Wildman–Crippen MR) is 94.1 cm³/mol. The van der Waals surface area contributed by atoms with Gasteiger partial charge < -0.3 is 4.74 Å². The van der Waals surface area contributed by atoms with E-state index in [1.54, 1.807) is 17.8 Å². The normalized spacial score (nSPS) is 12.2. The average Bonchev–Trinajstić information content (AvgIpc) is 3.10. The van der Waals surface area contributed by atoms with Crippen LogP contribution in [0.25, 0.3) is 5.69 Å². The highest BCUT2D eigenvalue weighted by atomic mass is 32.2. The summed E-state index contributed by atoms with van der Waals surface area (Å²) >= 11 is 1.28. The minimum atomic E-state index is -2.89. The molecule has 26 heavy (non-hydrogen) atoms. The van der Waals surface area contributed by atoms with Gasteiger partial charge in [0.1, 0.15) is 12.1 Å². The molecule has 0 saturated carbocycles. The number of carbonyl (C=O) groups is 1. The monoisotopic (exact) mass is 375 g/mol. The molecule has 0 unspecified atom stereocenters. The Hall–Kier alpha value is -2.74. The minimum Gasteiger partial charge on any atom is -0.435 e. The molecule has 1 atom stereocenters. The van der Waals surface area contributed by atoms with Crippen molar-refractivity contribution in [3.63, 3.8) is 0 Å². The van der Waals surface area contributed by atoms with Crippen molar-refractivity contribution in [1.29, 1.82) is 0 Å². The summed E-state index contributed by atoms with van der Waals surface area (Å²) in [5, 5.41) is 8.16. The summed E-state index contributed by atoms with van der Waals surface area (Å²) in [6, 6.07) is 15.2. The molecule has 0 fully saturated rings. The molecule has 0 N–H and O–H groups in total. The van der Waals surface area contributed by atoms with Crippen molar-refractivity contribution >= 4 is 17.5 Å². The van der Waals surface area contributed by atoms with Crippen LogP contribution in [0.4, 0.5) is 8.78 Å². The van der Waals surface area contributed by atoms with E-state index >= 15 is 0 Å². The summed E-state index contributed by atoms with van der Waals surface area (Å²) in [4.78, 5) is 12.6. The third kappa shape index (κ3) is 4.26. The first-order valence-electron chi connectivity index (χ1n) is 7.76. The number of para-hydroxylation sites is 1. The lowest BCUT2D eigenvalue weighted by atomic mass is 10.1. The van der Waals surface area contributed by atoms with Gasteiger partial charge in [0.2, 0.25) is 0 Å². The third-order valence-electron chi connectivity index (χ3n) is 3.57. The van der Waals surface area contributed by atoms with Crippen LogP contribution in [0.3, 0.4) is 0 Å². The highest BCUT2D eigenvalue weighted by Gasteiger charge is 2.20. The van der Waals surface area contributed by atoms with E-state index in [-0.39, 0.29) is 11.5 Å². The van der Waals surface area contributed by atoms with Crippen LogP contribution in [0.1, 0.15) is 17.3 Å². The Morgan fingerprint density at radius 1 is 1.12 bits per heavy atom. The Morgan fingerprint density at radius 2 is 1.81 bits per heavy atom. The number of thioether (sulfide) groups is 1. The van der Waals surface area contributed by atoms with Crippen LogP contribution in [0.15, 0.2) is 66.1 Å². The zero-order valence-corrected chi connectivity index (χ0v) is 14.6. The van der Waals surface area contributed by atoms with Gasteiger partial charge in [-0.25, -0.2) is 0 Å². The van der Waals surface area contributed by atoms with Crippen molar-refractivity contribution in [1.82, 2.24) is 14.8 Å². The van der Waals surface area contributed by atoms with Gasteiger partial charge in [-0.1, -0.05) is 30.0 Å². The summed E-state index contributed by atoms with van der Waals surface area (Å²) < 4.78 is 30.5. The van der Waals surface area contributed by atoms with Crippen LogP contribution in [0.5, 0.6) is 5.75 Å². The third-order valence-corrected chi connectivity index (χ3v) is 4.62. The molecule has 0 aliphatic heterocycles. The van der Waals surface area contributed by atoms with Crippen LogP contribution in [0.2, 0.25) is 0 Å². The molecule has 0 amide bonds. The number of hydrogen-bond acceptors (Lipinski definition) is 5. The fraction of sp³-hybridized carbons (Fsp3) is 0.167. The second kappa shape index (κ2) is 8.09. The molecular weight excluding hydrogens is 360 g/mol. The number of nitrogens with zero attached hydrogens (tertiary/aromatic N) is 3. The lowest BCUT2D eigenvalue weighted by Gasteiger charge is -2.12. The zero-order valence-electron chi connectivity index (χ0n) is 13.8. The summed E-state index contributed by atoms with van der Waals surface area (Å²) in [5.74, 6) is -0.123. The van der Waals surface area contributed by atoms with Gasteiger partial charge in [-0.3, -0.25) is 9.36 Å². The molecule has 0 aliphatic rings. The first-order chi connectivity index (χ1) is 12.5. The molecule has 1 aromatic heterocycles. The summed E-state index contributed by atoms with van der Waals surface area (Å²) in [7, 11) is 0. The van der Waals surface area contributed by atoms with E-state index in [1.165, 1.54) is 36.0 Å². The lowest BCUT2D eigenvalue weighted by Crippen LogP contribution is -2.14. The molecule has 2 aromatic carbocycles. The van der Waals surface area contributed by atoms with Crippen LogP contribution in [-0.2, 0) is 0 Å². The molecule has 0 spiro atoms. The van der Waals surface area contributed by atoms with Gasteiger partial charge in [-0.15, -0.1) is 10.2 Å². The largest absolute Gasteiger partial charge is 0.435 e. The quantitative estimate of drug-likeness (QED) is 0.457. The predicted octanol–water partition coefficient (Wildman–Crippen LogP) is 4.23. The summed E-state index contributed by atoms with van der Waals surface area (Å²) in [6.07, 6.45) is 1.59. The van der Waals surface area contributed by atoms with E-state index in [2.05, 4.69) is 14.9 Å². The fourth-order valence-corrected chi connectivity index (χ4v) is 3.24. The van der Waals surface area contributed by atoms with Gasteiger partial charge in [0, 0.05) is 11.3 Å². The molecule has 3 rings (SSSR count). The fourth-order valence-electron chi connectivity index (χ4n) is 2.32. The van der Waals surface area contributed by atoms with Crippen molar-refractivity contribution in [2.45, 2.75) is 23.9 Å². The van der Waals surface area contributed by atoms with Crippen molar-refractivity contribution in [3.05, 3.63) is 66.5 Å². The second-order valence-electron chi connectivity index (χ2n) is 5.35. The SMILES string of the molecule is C[C@H](Sc1nncn1-c1ccccc1)C(=O)c1ccc(OC(F)F)cc1. The van der Waals surface area contributed by atoms with Crippen molar-refractivity contribution in [2.75, 3.05) is 0 Å². The Kier molecular flexibility index (Phi) is 5.62. The van der Waals surface area contributed by atoms with Gasteiger partial charge >= 0.3 is 6.61 Å². The smallest absolute Gasteiger partial charge is 0.387 e. The molecule has 5 nitrogen and oxygen atoms in total. The van der Waals surface area contributed by atoms with E-state index in [4.69, 9.17) is 0 Å². The molecule has 3 aromatic rings.